The number of aldehydes is 1. The third-order valence-electron chi connectivity index (χ3n) is 3.81. The number of ether oxygens (including phenoxy) is 1. The summed E-state index contributed by atoms with van der Waals surface area (Å²) in [5.74, 6) is 0.967. The minimum Gasteiger partial charge on any atom is -0.496 e. The van der Waals surface area contributed by atoms with Crippen molar-refractivity contribution in [3.8, 4) is 5.75 Å². The third-order valence-corrected chi connectivity index (χ3v) is 3.81. The van der Waals surface area contributed by atoms with Crippen molar-refractivity contribution >= 4 is 6.29 Å². The number of aromatic nitrogens is 1. The van der Waals surface area contributed by atoms with Crippen LogP contribution < -0.4 is 15.6 Å². The van der Waals surface area contributed by atoms with Gasteiger partial charge in [-0.15, -0.1) is 0 Å². The largest absolute Gasteiger partial charge is 0.496 e. The molecule has 1 fully saturated rings. The molecule has 2 heterocycles. The Hall–Kier alpha value is -2.24. The summed E-state index contributed by atoms with van der Waals surface area (Å²) in [6.07, 6.45) is 4.47. The second kappa shape index (κ2) is 6.03. The van der Waals surface area contributed by atoms with Gasteiger partial charge in [-0.1, -0.05) is 6.07 Å². The second-order valence-corrected chi connectivity index (χ2v) is 5.01. The summed E-state index contributed by atoms with van der Waals surface area (Å²) in [5, 5.41) is 0. The Balaban J connectivity index is 2.00. The number of pyridine rings is 1. The molecule has 0 spiro atoms. The van der Waals surface area contributed by atoms with Crippen LogP contribution in [0.2, 0.25) is 0 Å². The molecule has 0 bridgehead atoms. The van der Waals surface area contributed by atoms with Crippen molar-refractivity contribution in [1.82, 2.24) is 15.8 Å². The molecule has 1 saturated heterocycles. The molecule has 2 atom stereocenters. The van der Waals surface area contributed by atoms with Gasteiger partial charge in [-0.25, -0.2) is 5.43 Å². The van der Waals surface area contributed by atoms with Crippen molar-refractivity contribution < 1.29 is 9.53 Å². The highest BCUT2D eigenvalue weighted by molar-refractivity contribution is 5.75. The summed E-state index contributed by atoms with van der Waals surface area (Å²) < 4.78 is 5.45. The van der Waals surface area contributed by atoms with Gasteiger partial charge in [-0.3, -0.25) is 15.2 Å². The van der Waals surface area contributed by atoms with E-state index in [1.807, 2.05) is 30.5 Å². The van der Waals surface area contributed by atoms with E-state index in [-0.39, 0.29) is 12.0 Å². The fourth-order valence-corrected chi connectivity index (χ4v) is 2.78. The third kappa shape index (κ3) is 2.66. The highest BCUT2D eigenvalue weighted by atomic mass is 16.5. The van der Waals surface area contributed by atoms with E-state index in [2.05, 4.69) is 15.8 Å². The van der Waals surface area contributed by atoms with E-state index < -0.39 is 0 Å². The Morgan fingerprint density at radius 2 is 2.29 bits per heavy atom. The summed E-state index contributed by atoms with van der Waals surface area (Å²) >= 11 is 0. The molecule has 2 N–H and O–H groups in total. The van der Waals surface area contributed by atoms with Crippen molar-refractivity contribution in [2.45, 2.75) is 12.0 Å². The Kier molecular flexibility index (Phi) is 3.94. The Morgan fingerprint density at radius 1 is 1.38 bits per heavy atom. The van der Waals surface area contributed by atoms with Crippen molar-refractivity contribution in [3.05, 3.63) is 59.4 Å². The first kappa shape index (κ1) is 13.7. The predicted molar refractivity (Wildman–Crippen MR) is 79.2 cm³/mol. The molecule has 0 amide bonds. The van der Waals surface area contributed by atoms with E-state index in [4.69, 9.17) is 4.74 Å². The predicted octanol–water partition coefficient (Wildman–Crippen LogP) is 1.84. The molecule has 1 aromatic heterocycles. The van der Waals surface area contributed by atoms with Crippen LogP contribution in [0, 0.1) is 0 Å². The standard InChI is InChI=1S/C16H17N3O2/c1-21-15-5-4-11(10-20)7-13(15)14-9-18-19-16(14)12-3-2-6-17-8-12/h2-8,10,14,16,18-19H,9H2,1H3. The molecule has 1 aliphatic rings. The maximum atomic E-state index is 11.0. The number of nitrogens with one attached hydrogen (secondary N) is 2. The minimum absolute atomic E-state index is 0.0921. The lowest BCUT2D eigenvalue weighted by Crippen LogP contribution is -2.24. The zero-order valence-corrected chi connectivity index (χ0v) is 11.7. The van der Waals surface area contributed by atoms with Gasteiger partial charge < -0.3 is 4.74 Å². The van der Waals surface area contributed by atoms with Crippen molar-refractivity contribution in [3.63, 3.8) is 0 Å². The first-order valence-electron chi connectivity index (χ1n) is 6.85. The van der Waals surface area contributed by atoms with E-state index in [1.165, 1.54) is 0 Å². The molecule has 0 aliphatic carbocycles. The highest BCUT2D eigenvalue weighted by Crippen LogP contribution is 2.37. The van der Waals surface area contributed by atoms with Crippen molar-refractivity contribution in [2.24, 2.45) is 0 Å². The summed E-state index contributed by atoms with van der Waals surface area (Å²) in [7, 11) is 1.65. The fraction of sp³-hybridized carbons (Fsp3) is 0.250. The molecule has 0 saturated carbocycles. The number of hydrogen-bond acceptors (Lipinski definition) is 5. The van der Waals surface area contributed by atoms with Crippen LogP contribution in [0.4, 0.5) is 0 Å². The summed E-state index contributed by atoms with van der Waals surface area (Å²) in [6, 6.07) is 9.57. The summed E-state index contributed by atoms with van der Waals surface area (Å²) in [5.41, 5.74) is 9.24. The number of hydrogen-bond donors (Lipinski definition) is 2. The van der Waals surface area contributed by atoms with Gasteiger partial charge in [0.2, 0.25) is 0 Å². The van der Waals surface area contributed by atoms with Gasteiger partial charge in [0.1, 0.15) is 12.0 Å². The summed E-state index contributed by atoms with van der Waals surface area (Å²) in [6.45, 7) is 0.762. The number of methoxy groups -OCH3 is 1. The van der Waals surface area contributed by atoms with Crippen LogP contribution in [0.1, 0.15) is 33.4 Å². The number of benzene rings is 1. The van der Waals surface area contributed by atoms with Crippen LogP contribution in [0.15, 0.2) is 42.7 Å². The van der Waals surface area contributed by atoms with Gasteiger partial charge in [0.05, 0.1) is 13.2 Å². The first-order valence-corrected chi connectivity index (χ1v) is 6.85. The van der Waals surface area contributed by atoms with E-state index in [0.29, 0.717) is 5.56 Å². The zero-order valence-electron chi connectivity index (χ0n) is 11.7. The molecule has 108 valence electrons. The molecule has 3 rings (SSSR count). The molecule has 0 radical (unpaired) electrons. The smallest absolute Gasteiger partial charge is 0.150 e. The maximum absolute atomic E-state index is 11.0. The molecular weight excluding hydrogens is 266 g/mol. The van der Waals surface area contributed by atoms with Crippen molar-refractivity contribution in [2.75, 3.05) is 13.7 Å². The van der Waals surface area contributed by atoms with Gasteiger partial charge in [0.15, 0.2) is 0 Å². The molecule has 5 heteroatoms. The van der Waals surface area contributed by atoms with E-state index in [1.54, 1.807) is 19.4 Å². The lowest BCUT2D eigenvalue weighted by molar-refractivity contribution is 0.112. The van der Waals surface area contributed by atoms with Crippen LogP contribution in [-0.2, 0) is 0 Å². The van der Waals surface area contributed by atoms with Gasteiger partial charge in [-0.05, 0) is 29.8 Å². The normalized spacial score (nSPS) is 21.2. The van der Waals surface area contributed by atoms with E-state index in [0.717, 1.165) is 29.7 Å². The number of carbonyl (C=O) groups excluding carboxylic acids is 1. The highest BCUT2D eigenvalue weighted by Gasteiger charge is 2.31. The molecule has 1 aromatic carbocycles. The lowest BCUT2D eigenvalue weighted by Gasteiger charge is -2.21. The Morgan fingerprint density at radius 3 is 3.00 bits per heavy atom. The lowest BCUT2D eigenvalue weighted by atomic mass is 9.88. The van der Waals surface area contributed by atoms with Crippen LogP contribution in [0.3, 0.4) is 0 Å². The molecule has 21 heavy (non-hydrogen) atoms. The number of nitrogens with zero attached hydrogens (tertiary/aromatic N) is 1. The van der Waals surface area contributed by atoms with Gasteiger partial charge in [0.25, 0.3) is 0 Å². The average Bonchev–Trinajstić information content (AvgIpc) is 3.04. The topological polar surface area (TPSA) is 63.2 Å². The number of carbonyl (C=O) groups is 1. The number of hydrazine groups is 1. The average molecular weight is 283 g/mol. The molecule has 1 aliphatic heterocycles. The van der Waals surface area contributed by atoms with Crippen LogP contribution in [0.25, 0.3) is 0 Å². The van der Waals surface area contributed by atoms with Crippen LogP contribution >= 0.6 is 0 Å². The minimum atomic E-state index is 0.0921. The van der Waals surface area contributed by atoms with Gasteiger partial charge >= 0.3 is 0 Å². The Labute approximate surface area is 123 Å². The molecule has 2 aromatic rings. The Bertz CT molecular complexity index is 631. The van der Waals surface area contributed by atoms with Gasteiger partial charge in [-0.2, -0.15) is 0 Å². The second-order valence-electron chi connectivity index (χ2n) is 5.01. The monoisotopic (exact) mass is 283 g/mol. The van der Waals surface area contributed by atoms with Crippen molar-refractivity contribution in [1.29, 1.82) is 0 Å². The number of rotatable bonds is 4. The first-order chi connectivity index (χ1) is 10.3. The van der Waals surface area contributed by atoms with Gasteiger partial charge in [0, 0.05) is 36.0 Å². The maximum Gasteiger partial charge on any atom is 0.150 e. The quantitative estimate of drug-likeness (QED) is 0.838. The van der Waals surface area contributed by atoms with Crippen LogP contribution in [-0.4, -0.2) is 24.9 Å². The molecule has 5 nitrogen and oxygen atoms in total. The zero-order chi connectivity index (χ0) is 14.7. The van der Waals surface area contributed by atoms with Crippen LogP contribution in [0.5, 0.6) is 5.75 Å². The SMILES string of the molecule is COc1ccc(C=O)cc1C1CNNC1c1cccnc1. The molecule has 2 unspecified atom stereocenters. The van der Waals surface area contributed by atoms with E-state index >= 15 is 0 Å². The fourth-order valence-electron chi connectivity index (χ4n) is 2.78. The summed E-state index contributed by atoms with van der Waals surface area (Å²) in [4.78, 5) is 15.2. The van der Waals surface area contributed by atoms with E-state index in [9.17, 15) is 4.79 Å². The molecular formula is C16H17N3O2.